The Kier molecular flexibility index (Phi) is 4.68. The van der Waals surface area contributed by atoms with Gasteiger partial charge in [-0.2, -0.15) is 0 Å². The Morgan fingerprint density at radius 2 is 1.75 bits per heavy atom. The Morgan fingerprint density at radius 3 is 2.64 bits per heavy atom. The molecule has 0 atom stereocenters. The van der Waals surface area contributed by atoms with Crippen molar-refractivity contribution in [2.75, 3.05) is 5.32 Å². The molecule has 0 aliphatic carbocycles. The zero-order valence-corrected chi connectivity index (χ0v) is 19.7. The highest BCUT2D eigenvalue weighted by molar-refractivity contribution is 7.17. The molecule has 0 saturated heterocycles. The van der Waals surface area contributed by atoms with Crippen LogP contribution in [0.1, 0.15) is 10.4 Å². The molecule has 0 radical (unpaired) electrons. The maximum Gasteiger partial charge on any atom is 0.258 e. The van der Waals surface area contributed by atoms with Crippen LogP contribution in [-0.4, -0.2) is 20.9 Å². The summed E-state index contributed by atoms with van der Waals surface area (Å²) >= 11 is 1.72. The molecule has 3 aromatic carbocycles. The van der Waals surface area contributed by atoms with Crippen molar-refractivity contribution in [3.63, 3.8) is 0 Å². The van der Waals surface area contributed by atoms with E-state index in [1.165, 1.54) is 10.1 Å². The van der Waals surface area contributed by atoms with Gasteiger partial charge in [-0.05, 0) is 82.6 Å². The number of aromatic amines is 1. The summed E-state index contributed by atoms with van der Waals surface area (Å²) in [4.78, 5) is 26.0. The van der Waals surface area contributed by atoms with Crippen LogP contribution < -0.4 is 5.32 Å². The molecule has 1 amide bonds. The fraction of sp³-hybridized carbons (Fsp3) is 0. The lowest BCUT2D eigenvalue weighted by Crippen LogP contribution is -2.14. The van der Waals surface area contributed by atoms with E-state index in [4.69, 9.17) is 9.40 Å². The number of hydrogen-bond acceptors (Lipinski definition) is 5. The molecule has 36 heavy (non-hydrogen) atoms. The van der Waals surface area contributed by atoms with Gasteiger partial charge in [-0.1, -0.05) is 24.3 Å². The van der Waals surface area contributed by atoms with Gasteiger partial charge in [0.25, 0.3) is 5.91 Å². The largest absolute Gasteiger partial charge is 0.463 e. The number of pyridine rings is 1. The molecule has 7 rings (SSSR count). The Morgan fingerprint density at radius 1 is 0.861 bits per heavy atom. The van der Waals surface area contributed by atoms with Gasteiger partial charge in [-0.15, -0.1) is 11.3 Å². The van der Waals surface area contributed by atoms with Crippen molar-refractivity contribution >= 4 is 55.2 Å². The fourth-order valence-corrected chi connectivity index (χ4v) is 5.25. The number of thiophene rings is 1. The summed E-state index contributed by atoms with van der Waals surface area (Å²) in [5.74, 6) is 0.714. The van der Waals surface area contributed by atoms with Gasteiger partial charge in [-0.25, -0.2) is 9.97 Å². The number of fused-ring (bicyclic) bond motifs is 3. The topological polar surface area (TPSA) is 83.8 Å². The first-order valence-corrected chi connectivity index (χ1v) is 12.3. The quantitative estimate of drug-likeness (QED) is 0.270. The number of rotatable bonds is 4. The predicted molar refractivity (Wildman–Crippen MR) is 144 cm³/mol. The van der Waals surface area contributed by atoms with Crippen LogP contribution in [-0.2, 0) is 0 Å². The predicted octanol–water partition coefficient (Wildman–Crippen LogP) is 7.51. The van der Waals surface area contributed by atoms with E-state index in [1.807, 2.05) is 48.5 Å². The third-order valence-corrected chi connectivity index (χ3v) is 7.13. The lowest BCUT2D eigenvalue weighted by Gasteiger charge is -2.11. The number of furan rings is 1. The first-order chi connectivity index (χ1) is 17.7. The molecule has 4 heterocycles. The average Bonchev–Trinajstić information content (AvgIpc) is 3.67. The van der Waals surface area contributed by atoms with E-state index < -0.39 is 0 Å². The summed E-state index contributed by atoms with van der Waals surface area (Å²) in [5.41, 5.74) is 5.53. The first kappa shape index (κ1) is 20.6. The molecular formula is C29H18N4O2S. The minimum absolute atomic E-state index is 0.278. The molecule has 2 N–H and O–H groups in total. The lowest BCUT2D eigenvalue weighted by atomic mass is 9.99. The second-order valence-electron chi connectivity index (χ2n) is 8.49. The van der Waals surface area contributed by atoms with Gasteiger partial charge >= 0.3 is 0 Å². The zero-order valence-electron chi connectivity index (χ0n) is 18.9. The Bertz CT molecular complexity index is 1870. The van der Waals surface area contributed by atoms with Crippen LogP contribution in [0.3, 0.4) is 0 Å². The lowest BCUT2D eigenvalue weighted by molar-refractivity contribution is 0.102. The molecule has 0 unspecified atom stereocenters. The number of amides is 1. The van der Waals surface area contributed by atoms with Crippen molar-refractivity contribution in [3.8, 4) is 22.6 Å². The molecule has 7 aromatic rings. The van der Waals surface area contributed by atoms with Gasteiger partial charge in [0.15, 0.2) is 5.76 Å². The third kappa shape index (κ3) is 3.54. The zero-order chi connectivity index (χ0) is 24.1. The highest BCUT2D eigenvalue weighted by atomic mass is 32.1. The second-order valence-corrected chi connectivity index (χ2v) is 9.44. The molecule has 0 saturated carbocycles. The number of para-hydroxylation sites is 2. The number of carbonyl (C=O) groups is 1. The minimum Gasteiger partial charge on any atom is -0.463 e. The standard InChI is InChI=1S/C29H18N4O2S/c34-28(33-29-31-23-4-1-2-5-24(23)32-29)21-16-25(26-6-3-12-35-26)30-22-9-7-18(15-20(21)22)17-8-10-27-19(14-17)11-13-36-27/h1-16H,(H2,31,32,33,34). The van der Waals surface area contributed by atoms with E-state index in [2.05, 4.69) is 44.9 Å². The van der Waals surface area contributed by atoms with Crippen LogP contribution in [0.25, 0.3) is 54.6 Å². The number of hydrogen-bond donors (Lipinski definition) is 2. The molecule has 0 spiro atoms. The molecule has 7 heteroatoms. The Labute approximate surface area is 209 Å². The van der Waals surface area contributed by atoms with Gasteiger partial charge in [0, 0.05) is 10.1 Å². The molecule has 172 valence electrons. The van der Waals surface area contributed by atoms with Crippen molar-refractivity contribution < 1.29 is 9.21 Å². The Hall–Kier alpha value is -4.75. The highest BCUT2D eigenvalue weighted by Gasteiger charge is 2.18. The normalized spacial score (nSPS) is 11.4. The highest BCUT2D eigenvalue weighted by Crippen LogP contribution is 2.32. The summed E-state index contributed by atoms with van der Waals surface area (Å²) < 4.78 is 6.82. The number of benzene rings is 3. The summed E-state index contributed by atoms with van der Waals surface area (Å²) in [5, 5.41) is 6.97. The maximum absolute atomic E-state index is 13.6. The van der Waals surface area contributed by atoms with Crippen molar-refractivity contribution in [1.29, 1.82) is 0 Å². The van der Waals surface area contributed by atoms with E-state index in [0.717, 1.165) is 27.5 Å². The van der Waals surface area contributed by atoms with Gasteiger partial charge in [-0.3, -0.25) is 10.1 Å². The van der Waals surface area contributed by atoms with Gasteiger partial charge < -0.3 is 9.40 Å². The van der Waals surface area contributed by atoms with Crippen molar-refractivity contribution in [2.24, 2.45) is 0 Å². The Balaban J connectivity index is 1.36. The molecule has 0 aliphatic heterocycles. The van der Waals surface area contributed by atoms with E-state index in [0.29, 0.717) is 28.5 Å². The minimum atomic E-state index is -0.278. The number of H-pyrrole nitrogens is 1. The molecule has 0 fully saturated rings. The van der Waals surface area contributed by atoms with E-state index >= 15 is 0 Å². The number of nitrogens with one attached hydrogen (secondary N) is 2. The van der Waals surface area contributed by atoms with E-state index in [1.54, 1.807) is 29.7 Å². The van der Waals surface area contributed by atoms with Gasteiger partial charge in [0.1, 0.15) is 5.69 Å². The van der Waals surface area contributed by atoms with Crippen LogP contribution in [0, 0.1) is 0 Å². The van der Waals surface area contributed by atoms with Crippen LogP contribution >= 0.6 is 11.3 Å². The van der Waals surface area contributed by atoms with Crippen molar-refractivity contribution in [3.05, 3.63) is 102 Å². The number of aromatic nitrogens is 3. The smallest absolute Gasteiger partial charge is 0.258 e. The van der Waals surface area contributed by atoms with Crippen LogP contribution in [0.2, 0.25) is 0 Å². The number of anilines is 1. The van der Waals surface area contributed by atoms with Crippen LogP contribution in [0.4, 0.5) is 5.95 Å². The molecular weight excluding hydrogens is 468 g/mol. The van der Waals surface area contributed by atoms with Crippen molar-refractivity contribution in [1.82, 2.24) is 15.0 Å². The first-order valence-electron chi connectivity index (χ1n) is 11.4. The average molecular weight is 487 g/mol. The van der Waals surface area contributed by atoms with Gasteiger partial charge in [0.05, 0.1) is 28.4 Å². The van der Waals surface area contributed by atoms with E-state index in [-0.39, 0.29) is 5.91 Å². The summed E-state index contributed by atoms with van der Waals surface area (Å²) in [6.45, 7) is 0. The SMILES string of the molecule is O=C(Nc1nc2ccccc2[nH]1)c1cc(-c2ccco2)nc2ccc(-c3ccc4sccc4c3)cc12. The fourth-order valence-electron chi connectivity index (χ4n) is 4.48. The maximum atomic E-state index is 13.6. The van der Waals surface area contributed by atoms with E-state index in [9.17, 15) is 4.79 Å². The second kappa shape index (κ2) is 8.18. The third-order valence-electron chi connectivity index (χ3n) is 6.23. The monoisotopic (exact) mass is 486 g/mol. The summed E-state index contributed by atoms with van der Waals surface area (Å²) in [7, 11) is 0. The molecule has 6 nitrogen and oxygen atoms in total. The summed E-state index contributed by atoms with van der Waals surface area (Å²) in [6.07, 6.45) is 1.60. The number of nitrogens with zero attached hydrogens (tertiary/aromatic N) is 2. The summed E-state index contributed by atoms with van der Waals surface area (Å²) in [6, 6.07) is 27.6. The van der Waals surface area contributed by atoms with Gasteiger partial charge in [0.2, 0.25) is 5.95 Å². The number of carbonyl (C=O) groups excluding carboxylic acids is 1. The van der Waals surface area contributed by atoms with Crippen LogP contribution in [0.5, 0.6) is 0 Å². The number of imidazole rings is 1. The molecule has 0 bridgehead atoms. The molecule has 0 aliphatic rings. The molecule has 4 aromatic heterocycles. The van der Waals surface area contributed by atoms with Crippen LogP contribution in [0.15, 0.2) is 101 Å². The van der Waals surface area contributed by atoms with Crippen molar-refractivity contribution in [2.45, 2.75) is 0 Å².